The third-order valence-electron chi connectivity index (χ3n) is 5.63. The molecule has 172 valence electrons. The number of ether oxygens (including phenoxy) is 1. The van der Waals surface area contributed by atoms with Gasteiger partial charge in [0.25, 0.3) is 5.91 Å². The van der Waals surface area contributed by atoms with Gasteiger partial charge in [-0.3, -0.25) is 9.78 Å². The topological polar surface area (TPSA) is 132 Å². The van der Waals surface area contributed by atoms with Crippen molar-refractivity contribution in [3.05, 3.63) is 54.1 Å². The molecule has 0 radical (unpaired) electrons. The first-order chi connectivity index (χ1) is 16.1. The molecule has 33 heavy (non-hydrogen) atoms. The molecule has 0 fully saturated rings. The predicted octanol–water partition coefficient (Wildman–Crippen LogP) is 2.87. The summed E-state index contributed by atoms with van der Waals surface area (Å²) >= 11 is 0. The number of rotatable bonds is 4. The average Bonchev–Trinajstić information content (AvgIpc) is 2.82. The molecule has 0 atom stereocenters. The van der Waals surface area contributed by atoms with Crippen molar-refractivity contribution in [1.29, 1.82) is 0 Å². The number of carbonyl (C=O) groups is 1. The Bertz CT molecular complexity index is 1140. The van der Waals surface area contributed by atoms with E-state index in [2.05, 4.69) is 31.2 Å². The number of aromatic nitrogens is 3. The first-order valence-electron chi connectivity index (χ1n) is 11.1. The van der Waals surface area contributed by atoms with Crippen molar-refractivity contribution in [3.8, 4) is 17.0 Å². The van der Waals surface area contributed by atoms with Crippen LogP contribution in [0.3, 0.4) is 0 Å². The van der Waals surface area contributed by atoms with Crippen molar-refractivity contribution < 1.29 is 9.53 Å². The molecule has 3 aromatic rings. The molecular formula is C24H29N7O2. The molecule has 3 heterocycles. The second kappa shape index (κ2) is 10.3. The summed E-state index contributed by atoms with van der Waals surface area (Å²) in [5.41, 5.74) is 15.7. The standard InChI is InChI=1S/C24H29N7O2/c1-31-11-3-2-5-17-13-16(6-7-21(17)33-12-4-9-25)18-15-28-23(26)22(29-18)24(32)30-19-14-27-10-8-20(19)31/h6-8,10,13-15H,2-5,9,11-12,25H2,1H3,(H2,26,28)(H,30,32). The third kappa shape index (κ3) is 5.20. The Kier molecular flexibility index (Phi) is 6.99. The smallest absolute Gasteiger partial charge is 0.278 e. The van der Waals surface area contributed by atoms with E-state index in [1.807, 2.05) is 25.2 Å². The fourth-order valence-corrected chi connectivity index (χ4v) is 3.83. The van der Waals surface area contributed by atoms with Crippen LogP contribution in [-0.4, -0.2) is 47.6 Å². The third-order valence-corrected chi connectivity index (χ3v) is 5.63. The molecule has 9 nitrogen and oxygen atoms in total. The highest BCUT2D eigenvalue weighted by molar-refractivity contribution is 6.07. The van der Waals surface area contributed by atoms with Crippen molar-refractivity contribution in [2.24, 2.45) is 5.73 Å². The number of benzene rings is 1. The molecular weight excluding hydrogens is 418 g/mol. The van der Waals surface area contributed by atoms with Gasteiger partial charge in [0.1, 0.15) is 5.75 Å². The van der Waals surface area contributed by atoms with Crippen molar-refractivity contribution in [1.82, 2.24) is 15.0 Å². The maximum Gasteiger partial charge on any atom is 0.278 e. The van der Waals surface area contributed by atoms with Crippen molar-refractivity contribution >= 4 is 23.1 Å². The first-order valence-corrected chi connectivity index (χ1v) is 11.1. The van der Waals surface area contributed by atoms with Gasteiger partial charge in [0, 0.05) is 25.4 Å². The van der Waals surface area contributed by atoms with Crippen LogP contribution in [0.15, 0.2) is 42.9 Å². The number of carbonyl (C=O) groups excluding carboxylic acids is 1. The highest BCUT2D eigenvalue weighted by Gasteiger charge is 2.19. The van der Waals surface area contributed by atoms with Crippen molar-refractivity contribution in [3.63, 3.8) is 0 Å². The lowest BCUT2D eigenvalue weighted by atomic mass is 10.0. The Labute approximate surface area is 193 Å². The van der Waals surface area contributed by atoms with Crippen molar-refractivity contribution in [2.75, 3.05) is 42.7 Å². The van der Waals surface area contributed by atoms with Gasteiger partial charge in [-0.1, -0.05) is 0 Å². The number of nitrogens with one attached hydrogen (secondary N) is 1. The normalized spacial score (nSPS) is 14.0. The molecule has 1 aromatic carbocycles. The lowest BCUT2D eigenvalue weighted by molar-refractivity contribution is 0.102. The van der Waals surface area contributed by atoms with Gasteiger partial charge >= 0.3 is 0 Å². The minimum atomic E-state index is -0.429. The summed E-state index contributed by atoms with van der Waals surface area (Å²) in [6, 6.07) is 7.81. The highest BCUT2D eigenvalue weighted by atomic mass is 16.5. The Morgan fingerprint density at radius 2 is 2.09 bits per heavy atom. The van der Waals surface area contributed by atoms with Gasteiger partial charge in [-0.05, 0) is 62.1 Å². The number of nitrogen functional groups attached to an aromatic ring is 1. The second-order valence-electron chi connectivity index (χ2n) is 8.03. The van der Waals surface area contributed by atoms with Crippen LogP contribution >= 0.6 is 0 Å². The molecule has 0 aliphatic carbocycles. The number of anilines is 3. The van der Waals surface area contributed by atoms with Crippen LogP contribution in [-0.2, 0) is 6.42 Å². The zero-order valence-electron chi connectivity index (χ0n) is 18.8. The fourth-order valence-electron chi connectivity index (χ4n) is 3.83. The molecule has 2 aromatic heterocycles. The lowest BCUT2D eigenvalue weighted by Gasteiger charge is -2.22. The summed E-state index contributed by atoms with van der Waals surface area (Å²) in [4.78, 5) is 28.1. The molecule has 9 heteroatoms. The van der Waals surface area contributed by atoms with Gasteiger partial charge in [0.2, 0.25) is 0 Å². The number of nitrogens with zero attached hydrogens (tertiary/aromatic N) is 4. The summed E-state index contributed by atoms with van der Waals surface area (Å²) in [7, 11) is 2.00. The summed E-state index contributed by atoms with van der Waals surface area (Å²) in [6.07, 6.45) is 8.52. The van der Waals surface area contributed by atoms with E-state index >= 15 is 0 Å². The maximum absolute atomic E-state index is 13.1. The van der Waals surface area contributed by atoms with Gasteiger partial charge in [-0.25, -0.2) is 9.97 Å². The van der Waals surface area contributed by atoms with Crippen LogP contribution in [0.4, 0.5) is 17.2 Å². The number of pyridine rings is 1. The van der Waals surface area contributed by atoms with E-state index in [1.165, 1.54) is 0 Å². The summed E-state index contributed by atoms with van der Waals surface area (Å²) < 4.78 is 5.99. The highest BCUT2D eigenvalue weighted by Crippen LogP contribution is 2.29. The molecule has 1 amide bonds. The van der Waals surface area contributed by atoms with Crippen LogP contribution < -0.4 is 26.4 Å². The number of hydrogen-bond acceptors (Lipinski definition) is 8. The van der Waals surface area contributed by atoms with Crippen LogP contribution in [0.5, 0.6) is 5.75 Å². The van der Waals surface area contributed by atoms with Gasteiger partial charge in [0.15, 0.2) is 11.5 Å². The minimum Gasteiger partial charge on any atom is -0.493 e. The average molecular weight is 448 g/mol. The Morgan fingerprint density at radius 1 is 1.21 bits per heavy atom. The molecule has 1 aliphatic rings. The Hall–Kier alpha value is -3.72. The Morgan fingerprint density at radius 3 is 2.94 bits per heavy atom. The summed E-state index contributed by atoms with van der Waals surface area (Å²) in [5, 5.41) is 2.90. The lowest BCUT2D eigenvalue weighted by Crippen LogP contribution is -2.23. The predicted molar refractivity (Wildman–Crippen MR) is 129 cm³/mol. The molecule has 0 saturated heterocycles. The summed E-state index contributed by atoms with van der Waals surface area (Å²) in [6.45, 7) is 1.98. The molecule has 5 N–H and O–H groups in total. The molecule has 4 bridgehead atoms. The zero-order chi connectivity index (χ0) is 23.2. The van der Waals surface area contributed by atoms with Crippen LogP contribution in [0.25, 0.3) is 11.3 Å². The summed E-state index contributed by atoms with van der Waals surface area (Å²) in [5.74, 6) is 0.491. The molecule has 4 rings (SSSR count). The fraction of sp³-hybridized carbons (Fsp3) is 0.333. The largest absolute Gasteiger partial charge is 0.493 e. The molecule has 1 aliphatic heterocycles. The van der Waals surface area contributed by atoms with E-state index in [4.69, 9.17) is 16.2 Å². The SMILES string of the molecule is CN1CCCCc2cc(ccc2OCCCN)-c2cnc(N)c(n2)C(=O)Nc2cnccc21. The Balaban J connectivity index is 1.74. The number of hydrogen-bond donors (Lipinski definition) is 3. The van der Waals surface area contributed by atoms with Crippen molar-refractivity contribution in [2.45, 2.75) is 25.7 Å². The van der Waals surface area contributed by atoms with E-state index in [9.17, 15) is 4.79 Å². The second-order valence-corrected chi connectivity index (χ2v) is 8.03. The van der Waals surface area contributed by atoms with E-state index in [1.54, 1.807) is 18.6 Å². The minimum absolute atomic E-state index is 0.0707. The van der Waals surface area contributed by atoms with Crippen LogP contribution in [0.2, 0.25) is 0 Å². The van der Waals surface area contributed by atoms with Gasteiger partial charge in [-0.15, -0.1) is 0 Å². The number of fused-ring (bicyclic) bond motifs is 6. The molecule has 0 unspecified atom stereocenters. The van der Waals surface area contributed by atoms with Gasteiger partial charge < -0.3 is 26.4 Å². The number of aryl methyl sites for hydroxylation is 1. The first kappa shape index (κ1) is 22.5. The molecule has 0 spiro atoms. The van der Waals surface area contributed by atoms with Crippen LogP contribution in [0.1, 0.15) is 35.3 Å². The quantitative estimate of drug-likeness (QED) is 0.520. The monoisotopic (exact) mass is 447 g/mol. The maximum atomic E-state index is 13.1. The van der Waals surface area contributed by atoms with E-state index < -0.39 is 5.91 Å². The molecule has 0 saturated carbocycles. The zero-order valence-corrected chi connectivity index (χ0v) is 18.8. The van der Waals surface area contributed by atoms with Gasteiger partial charge in [-0.2, -0.15) is 0 Å². The van der Waals surface area contributed by atoms with E-state index in [-0.39, 0.29) is 11.5 Å². The number of nitrogens with two attached hydrogens (primary N) is 2. The van der Waals surface area contributed by atoms with E-state index in [0.29, 0.717) is 24.5 Å². The van der Waals surface area contributed by atoms with Gasteiger partial charge in [0.05, 0.1) is 36.1 Å². The van der Waals surface area contributed by atoms with Crippen LogP contribution in [0, 0.1) is 0 Å². The van der Waals surface area contributed by atoms with E-state index in [0.717, 1.165) is 54.8 Å². The number of amides is 1.